The second-order valence-electron chi connectivity index (χ2n) is 5.86. The van der Waals surface area contributed by atoms with E-state index < -0.39 is 0 Å². The van der Waals surface area contributed by atoms with Gasteiger partial charge in [-0.3, -0.25) is 4.99 Å². The Balaban J connectivity index is 1.55. The highest BCUT2D eigenvalue weighted by molar-refractivity contribution is 7.11. The first kappa shape index (κ1) is 16.3. The van der Waals surface area contributed by atoms with Crippen molar-refractivity contribution in [2.45, 2.75) is 58.4 Å². The molecular weight excluding hydrogens is 280 g/mol. The highest BCUT2D eigenvalue weighted by Gasteiger charge is 2.13. The third-order valence-electron chi connectivity index (χ3n) is 4.11. The number of nitrogens with one attached hydrogen (secondary N) is 2. The van der Waals surface area contributed by atoms with Crippen molar-refractivity contribution in [3.63, 3.8) is 0 Å². The van der Waals surface area contributed by atoms with Crippen LogP contribution in [-0.2, 0) is 6.54 Å². The van der Waals surface area contributed by atoms with Gasteiger partial charge in [0, 0.05) is 24.7 Å². The number of rotatable bonds is 7. The van der Waals surface area contributed by atoms with Crippen molar-refractivity contribution in [2.24, 2.45) is 10.9 Å². The summed E-state index contributed by atoms with van der Waals surface area (Å²) in [5.41, 5.74) is 0. The fraction of sp³-hybridized carbons (Fsp3) is 0.750. The molecule has 1 aliphatic rings. The van der Waals surface area contributed by atoms with E-state index >= 15 is 0 Å². The van der Waals surface area contributed by atoms with Crippen LogP contribution in [0.5, 0.6) is 0 Å². The molecule has 5 heteroatoms. The Morgan fingerprint density at radius 3 is 2.81 bits per heavy atom. The van der Waals surface area contributed by atoms with E-state index in [1.54, 1.807) is 11.3 Å². The quantitative estimate of drug-likeness (QED) is 0.460. The molecule has 21 heavy (non-hydrogen) atoms. The molecule has 1 fully saturated rings. The van der Waals surface area contributed by atoms with Crippen LogP contribution in [0.3, 0.4) is 0 Å². The van der Waals surface area contributed by atoms with Crippen LogP contribution in [0.1, 0.15) is 54.8 Å². The SMILES string of the molecule is CN=C(NCCCCC1CCCC1)NCc1ncc(C)s1. The summed E-state index contributed by atoms with van der Waals surface area (Å²) in [7, 11) is 1.82. The predicted molar refractivity (Wildman–Crippen MR) is 90.9 cm³/mol. The summed E-state index contributed by atoms with van der Waals surface area (Å²) in [6.07, 6.45) is 11.7. The van der Waals surface area contributed by atoms with E-state index in [4.69, 9.17) is 0 Å². The first-order valence-corrected chi connectivity index (χ1v) is 8.95. The molecule has 0 aliphatic heterocycles. The van der Waals surface area contributed by atoms with Gasteiger partial charge in [-0.2, -0.15) is 0 Å². The molecule has 0 atom stereocenters. The normalized spacial score (nSPS) is 16.4. The number of aliphatic imine (C=N–C) groups is 1. The van der Waals surface area contributed by atoms with Crippen molar-refractivity contribution >= 4 is 17.3 Å². The maximum Gasteiger partial charge on any atom is 0.191 e. The molecule has 0 amide bonds. The highest BCUT2D eigenvalue weighted by Crippen LogP contribution is 2.28. The van der Waals surface area contributed by atoms with Crippen molar-refractivity contribution in [1.82, 2.24) is 15.6 Å². The molecule has 4 nitrogen and oxygen atoms in total. The van der Waals surface area contributed by atoms with Crippen molar-refractivity contribution in [3.8, 4) is 0 Å². The van der Waals surface area contributed by atoms with Crippen molar-refractivity contribution in [1.29, 1.82) is 0 Å². The zero-order chi connectivity index (χ0) is 14.9. The molecule has 2 N–H and O–H groups in total. The Bertz CT molecular complexity index is 435. The molecule has 0 unspecified atom stereocenters. The smallest absolute Gasteiger partial charge is 0.191 e. The maximum atomic E-state index is 4.35. The summed E-state index contributed by atoms with van der Waals surface area (Å²) < 4.78 is 0. The summed E-state index contributed by atoms with van der Waals surface area (Å²) in [6, 6.07) is 0. The monoisotopic (exact) mass is 308 g/mol. The van der Waals surface area contributed by atoms with Gasteiger partial charge in [-0.15, -0.1) is 11.3 Å². The van der Waals surface area contributed by atoms with Crippen molar-refractivity contribution in [3.05, 3.63) is 16.1 Å². The second-order valence-corrected chi connectivity index (χ2v) is 7.18. The third-order valence-corrected chi connectivity index (χ3v) is 5.02. The topological polar surface area (TPSA) is 49.3 Å². The fourth-order valence-corrected chi connectivity index (χ4v) is 3.65. The Morgan fingerprint density at radius 2 is 2.14 bits per heavy atom. The van der Waals surface area contributed by atoms with Gasteiger partial charge in [-0.1, -0.05) is 38.5 Å². The molecule has 2 rings (SSSR count). The van der Waals surface area contributed by atoms with Gasteiger partial charge in [0.15, 0.2) is 5.96 Å². The fourth-order valence-electron chi connectivity index (χ4n) is 2.93. The van der Waals surface area contributed by atoms with Gasteiger partial charge in [0.25, 0.3) is 0 Å². The minimum absolute atomic E-state index is 0.750. The molecule has 0 radical (unpaired) electrons. The average molecular weight is 308 g/mol. The molecular formula is C16H28N4S. The predicted octanol–water partition coefficient (Wildman–Crippen LogP) is 3.48. The summed E-state index contributed by atoms with van der Waals surface area (Å²) in [4.78, 5) is 9.86. The van der Waals surface area contributed by atoms with Crippen LogP contribution in [0.25, 0.3) is 0 Å². The molecule has 118 valence electrons. The summed E-state index contributed by atoms with van der Waals surface area (Å²) in [5.74, 6) is 1.89. The number of nitrogens with zero attached hydrogens (tertiary/aromatic N) is 2. The van der Waals surface area contributed by atoms with E-state index in [1.165, 1.54) is 49.8 Å². The van der Waals surface area contributed by atoms with Gasteiger partial charge in [-0.25, -0.2) is 4.98 Å². The van der Waals surface area contributed by atoms with Crippen LogP contribution in [0.4, 0.5) is 0 Å². The minimum Gasteiger partial charge on any atom is -0.356 e. The molecule has 1 aliphatic carbocycles. The lowest BCUT2D eigenvalue weighted by Crippen LogP contribution is -2.37. The van der Waals surface area contributed by atoms with Crippen LogP contribution in [-0.4, -0.2) is 24.5 Å². The first-order chi connectivity index (χ1) is 10.3. The zero-order valence-corrected chi connectivity index (χ0v) is 14.1. The lowest BCUT2D eigenvalue weighted by atomic mass is 10.0. The molecule has 0 saturated heterocycles. The van der Waals surface area contributed by atoms with Gasteiger partial charge < -0.3 is 10.6 Å². The van der Waals surface area contributed by atoms with Gasteiger partial charge >= 0.3 is 0 Å². The standard InChI is InChI=1S/C16H28N4S/c1-13-11-19-15(21-13)12-20-16(17-2)18-10-6-5-9-14-7-3-4-8-14/h11,14H,3-10,12H2,1-2H3,(H2,17,18,20). The molecule has 1 aromatic heterocycles. The number of thiazole rings is 1. The first-order valence-electron chi connectivity index (χ1n) is 8.13. The lowest BCUT2D eigenvalue weighted by Gasteiger charge is -2.12. The summed E-state index contributed by atoms with van der Waals surface area (Å²) in [6.45, 7) is 3.84. The van der Waals surface area contributed by atoms with Gasteiger partial charge in [-0.05, 0) is 19.3 Å². The Morgan fingerprint density at radius 1 is 1.33 bits per heavy atom. The van der Waals surface area contributed by atoms with Crippen LogP contribution in [0.15, 0.2) is 11.2 Å². The largest absolute Gasteiger partial charge is 0.356 e. The van der Waals surface area contributed by atoms with E-state index in [0.29, 0.717) is 0 Å². The average Bonchev–Trinajstić information content (AvgIpc) is 3.13. The molecule has 0 aromatic carbocycles. The summed E-state index contributed by atoms with van der Waals surface area (Å²) in [5, 5.41) is 7.81. The number of guanidine groups is 1. The lowest BCUT2D eigenvalue weighted by molar-refractivity contribution is 0.472. The molecule has 0 spiro atoms. The van der Waals surface area contributed by atoms with E-state index in [2.05, 4.69) is 27.5 Å². The highest BCUT2D eigenvalue weighted by atomic mass is 32.1. The van der Waals surface area contributed by atoms with Crippen LogP contribution in [0, 0.1) is 12.8 Å². The van der Waals surface area contributed by atoms with E-state index in [9.17, 15) is 0 Å². The van der Waals surface area contributed by atoms with Gasteiger partial charge in [0.2, 0.25) is 0 Å². The number of unbranched alkanes of at least 4 members (excludes halogenated alkanes) is 1. The molecule has 1 saturated carbocycles. The molecule has 0 bridgehead atoms. The van der Waals surface area contributed by atoms with Gasteiger partial charge in [0.1, 0.15) is 5.01 Å². The van der Waals surface area contributed by atoms with E-state index in [0.717, 1.165) is 30.0 Å². The summed E-state index contributed by atoms with van der Waals surface area (Å²) >= 11 is 1.73. The van der Waals surface area contributed by atoms with E-state index in [1.807, 2.05) is 13.2 Å². The number of hydrogen-bond donors (Lipinski definition) is 2. The Labute approximate surface area is 132 Å². The van der Waals surface area contributed by atoms with Crippen LogP contribution < -0.4 is 10.6 Å². The number of aryl methyl sites for hydroxylation is 1. The Kier molecular flexibility index (Phi) is 7.00. The molecule has 1 heterocycles. The van der Waals surface area contributed by atoms with Crippen LogP contribution >= 0.6 is 11.3 Å². The third kappa shape index (κ3) is 6.04. The minimum atomic E-state index is 0.750. The second kappa shape index (κ2) is 9.03. The van der Waals surface area contributed by atoms with Crippen LogP contribution in [0.2, 0.25) is 0 Å². The maximum absolute atomic E-state index is 4.35. The number of hydrogen-bond acceptors (Lipinski definition) is 3. The van der Waals surface area contributed by atoms with Crippen molar-refractivity contribution < 1.29 is 0 Å². The molecule has 1 aromatic rings. The van der Waals surface area contributed by atoms with Crippen molar-refractivity contribution in [2.75, 3.05) is 13.6 Å². The van der Waals surface area contributed by atoms with E-state index in [-0.39, 0.29) is 0 Å². The Hall–Kier alpha value is -1.10. The zero-order valence-electron chi connectivity index (χ0n) is 13.3. The number of aromatic nitrogens is 1. The van der Waals surface area contributed by atoms with Gasteiger partial charge in [0.05, 0.1) is 6.54 Å².